The second-order valence-corrected chi connectivity index (χ2v) is 9.93. The van der Waals surface area contributed by atoms with Crippen LogP contribution in [0, 0.1) is 6.92 Å². The Kier molecular flexibility index (Phi) is 8.21. The minimum Gasteiger partial charge on any atom is -0.497 e. The molecule has 1 atom stereocenters. The van der Waals surface area contributed by atoms with Gasteiger partial charge in [-0.2, -0.15) is 0 Å². The van der Waals surface area contributed by atoms with Gasteiger partial charge in [0.25, 0.3) is 5.56 Å². The summed E-state index contributed by atoms with van der Waals surface area (Å²) in [6, 6.07) is 23.8. The number of hydrogen-bond acceptors (Lipinski definition) is 7. The van der Waals surface area contributed by atoms with Crippen molar-refractivity contribution in [3.8, 4) is 11.5 Å². The van der Waals surface area contributed by atoms with Gasteiger partial charge in [0.15, 0.2) is 5.82 Å². The summed E-state index contributed by atoms with van der Waals surface area (Å²) in [5.41, 5.74) is 4.74. The summed E-state index contributed by atoms with van der Waals surface area (Å²) in [5.74, 6) is 2.30. The van der Waals surface area contributed by atoms with Crippen LogP contribution in [0.1, 0.15) is 47.5 Å². The van der Waals surface area contributed by atoms with Crippen molar-refractivity contribution >= 4 is 10.9 Å². The van der Waals surface area contributed by atoms with Crippen LogP contribution in [0.5, 0.6) is 11.5 Å². The van der Waals surface area contributed by atoms with E-state index in [0.717, 1.165) is 45.8 Å². The molecule has 0 saturated carbocycles. The molecule has 0 aliphatic heterocycles. The average Bonchev–Trinajstić information content (AvgIpc) is 3.42. The van der Waals surface area contributed by atoms with Crippen LogP contribution in [-0.2, 0) is 19.6 Å². The molecule has 1 N–H and O–H groups in total. The molecule has 2 aromatic heterocycles. The largest absolute Gasteiger partial charge is 0.497 e. The molecule has 0 saturated heterocycles. The Hall–Kier alpha value is -4.50. The van der Waals surface area contributed by atoms with Gasteiger partial charge < -0.3 is 14.5 Å². The summed E-state index contributed by atoms with van der Waals surface area (Å²) < 4.78 is 12.5. The molecular formula is C31H34N6O3. The number of rotatable bonds is 11. The highest BCUT2D eigenvalue weighted by atomic mass is 16.5. The van der Waals surface area contributed by atoms with Gasteiger partial charge >= 0.3 is 0 Å². The molecule has 206 valence electrons. The lowest BCUT2D eigenvalue weighted by molar-refractivity contribution is 0.161. The van der Waals surface area contributed by atoms with Crippen molar-refractivity contribution in [2.75, 3.05) is 14.2 Å². The van der Waals surface area contributed by atoms with E-state index in [9.17, 15) is 4.79 Å². The Morgan fingerprint density at radius 3 is 2.30 bits per heavy atom. The van der Waals surface area contributed by atoms with Gasteiger partial charge in [-0.1, -0.05) is 48.9 Å². The quantitative estimate of drug-likeness (QED) is 0.252. The molecular weight excluding hydrogens is 504 g/mol. The van der Waals surface area contributed by atoms with Crippen molar-refractivity contribution in [2.45, 2.75) is 45.9 Å². The highest BCUT2D eigenvalue weighted by Crippen LogP contribution is 2.28. The predicted octanol–water partition coefficient (Wildman–Crippen LogP) is 5.04. The molecule has 0 radical (unpaired) electrons. The second-order valence-electron chi connectivity index (χ2n) is 9.93. The van der Waals surface area contributed by atoms with E-state index in [-0.39, 0.29) is 11.6 Å². The minimum absolute atomic E-state index is 0.112. The van der Waals surface area contributed by atoms with Crippen LogP contribution in [-0.4, -0.2) is 44.3 Å². The number of fused-ring (bicyclic) bond motifs is 1. The van der Waals surface area contributed by atoms with Crippen molar-refractivity contribution in [1.29, 1.82) is 0 Å². The van der Waals surface area contributed by atoms with Gasteiger partial charge in [-0.25, -0.2) is 4.68 Å². The molecule has 1 unspecified atom stereocenters. The van der Waals surface area contributed by atoms with Gasteiger partial charge in [-0.15, -0.1) is 5.10 Å². The fourth-order valence-electron chi connectivity index (χ4n) is 4.97. The molecule has 5 rings (SSSR count). The number of aromatic amines is 1. The smallest absolute Gasteiger partial charge is 0.252 e. The number of benzene rings is 3. The topological polar surface area (TPSA) is 98.2 Å². The number of nitrogens with zero attached hydrogens (tertiary/aromatic N) is 5. The number of H-pyrrole nitrogens is 1. The SMILES string of the molecule is CCC(c1nnnn1Cc1ccc(OC)cc1)N(Cc1ccc(C)cc1)Cc1cc2cc(OC)ccc2[nH]c1=O. The number of ether oxygens (including phenoxy) is 2. The van der Waals surface area contributed by atoms with E-state index in [2.05, 4.69) is 63.5 Å². The van der Waals surface area contributed by atoms with E-state index < -0.39 is 0 Å². The van der Waals surface area contributed by atoms with Crippen LogP contribution in [0.25, 0.3) is 10.9 Å². The zero-order valence-electron chi connectivity index (χ0n) is 23.3. The summed E-state index contributed by atoms with van der Waals surface area (Å²) in [6.45, 7) is 5.77. The Labute approximate surface area is 233 Å². The number of aromatic nitrogens is 5. The summed E-state index contributed by atoms with van der Waals surface area (Å²) in [5, 5.41) is 13.7. The molecule has 0 aliphatic carbocycles. The predicted molar refractivity (Wildman–Crippen MR) is 154 cm³/mol. The van der Waals surface area contributed by atoms with Gasteiger partial charge in [0.1, 0.15) is 11.5 Å². The van der Waals surface area contributed by atoms with Crippen molar-refractivity contribution in [3.63, 3.8) is 0 Å². The maximum absolute atomic E-state index is 13.2. The van der Waals surface area contributed by atoms with E-state index in [1.165, 1.54) is 5.56 Å². The number of aryl methyl sites for hydroxylation is 1. The Balaban J connectivity index is 1.50. The number of nitrogens with one attached hydrogen (secondary N) is 1. The van der Waals surface area contributed by atoms with Crippen molar-refractivity contribution in [3.05, 3.63) is 111 Å². The molecule has 40 heavy (non-hydrogen) atoms. The monoisotopic (exact) mass is 538 g/mol. The van der Waals surface area contributed by atoms with Gasteiger partial charge in [-0.3, -0.25) is 9.69 Å². The van der Waals surface area contributed by atoms with Crippen molar-refractivity contribution in [2.24, 2.45) is 0 Å². The summed E-state index contributed by atoms with van der Waals surface area (Å²) >= 11 is 0. The lowest BCUT2D eigenvalue weighted by Crippen LogP contribution is -2.32. The molecule has 2 heterocycles. The van der Waals surface area contributed by atoms with Crippen molar-refractivity contribution in [1.82, 2.24) is 30.1 Å². The molecule has 9 heteroatoms. The van der Waals surface area contributed by atoms with Gasteiger partial charge in [0.2, 0.25) is 0 Å². The highest BCUT2D eigenvalue weighted by molar-refractivity contribution is 5.80. The van der Waals surface area contributed by atoms with E-state index in [4.69, 9.17) is 9.47 Å². The maximum Gasteiger partial charge on any atom is 0.252 e. The van der Waals surface area contributed by atoms with Crippen LogP contribution in [0.15, 0.2) is 77.6 Å². The lowest BCUT2D eigenvalue weighted by Gasteiger charge is -2.30. The number of methoxy groups -OCH3 is 2. The molecule has 0 aliphatic rings. The number of pyridine rings is 1. The number of tetrazole rings is 1. The first kappa shape index (κ1) is 27.1. The fraction of sp³-hybridized carbons (Fsp3) is 0.290. The third kappa shape index (κ3) is 6.05. The second kappa shape index (κ2) is 12.1. The highest BCUT2D eigenvalue weighted by Gasteiger charge is 2.26. The van der Waals surface area contributed by atoms with Crippen LogP contribution >= 0.6 is 0 Å². The normalized spacial score (nSPS) is 12.1. The van der Waals surface area contributed by atoms with E-state index in [0.29, 0.717) is 25.2 Å². The number of hydrogen-bond donors (Lipinski definition) is 1. The van der Waals surface area contributed by atoms with E-state index >= 15 is 0 Å². The minimum atomic E-state index is -0.130. The molecule has 9 nitrogen and oxygen atoms in total. The van der Waals surface area contributed by atoms with Crippen LogP contribution < -0.4 is 15.0 Å². The van der Waals surface area contributed by atoms with Crippen LogP contribution in [0.2, 0.25) is 0 Å². The molecule has 0 fully saturated rings. The zero-order chi connectivity index (χ0) is 28.1. The van der Waals surface area contributed by atoms with Crippen LogP contribution in [0.3, 0.4) is 0 Å². The van der Waals surface area contributed by atoms with Gasteiger partial charge in [-0.05, 0) is 71.3 Å². The molecule has 0 spiro atoms. The Bertz CT molecular complexity index is 1630. The van der Waals surface area contributed by atoms with E-state index in [1.54, 1.807) is 14.2 Å². The van der Waals surface area contributed by atoms with Gasteiger partial charge in [0, 0.05) is 29.6 Å². The molecule has 0 amide bonds. The molecule has 5 aromatic rings. The van der Waals surface area contributed by atoms with Crippen molar-refractivity contribution < 1.29 is 9.47 Å². The van der Waals surface area contributed by atoms with E-state index in [1.807, 2.05) is 53.2 Å². The Morgan fingerprint density at radius 2 is 1.60 bits per heavy atom. The first-order valence-electron chi connectivity index (χ1n) is 13.4. The first-order valence-corrected chi connectivity index (χ1v) is 13.4. The summed E-state index contributed by atoms with van der Waals surface area (Å²) in [4.78, 5) is 18.5. The lowest BCUT2D eigenvalue weighted by atomic mass is 10.1. The standard InChI is InChI=1S/C31H34N6O3/c1-5-29(30-33-34-35-37(30)19-23-10-12-26(39-3)13-11-23)36(18-22-8-6-21(2)7-9-22)20-25-16-24-17-27(40-4)14-15-28(24)32-31(25)38/h6-17,29H,5,18-20H2,1-4H3,(H,32,38). The summed E-state index contributed by atoms with van der Waals surface area (Å²) in [7, 11) is 3.29. The third-order valence-corrected chi connectivity index (χ3v) is 7.18. The Morgan fingerprint density at radius 1 is 0.900 bits per heavy atom. The van der Waals surface area contributed by atoms with Crippen LogP contribution in [0.4, 0.5) is 0 Å². The molecule has 0 bridgehead atoms. The third-order valence-electron chi connectivity index (χ3n) is 7.18. The maximum atomic E-state index is 13.2. The molecule has 3 aromatic carbocycles. The zero-order valence-corrected chi connectivity index (χ0v) is 23.3. The fourth-order valence-corrected chi connectivity index (χ4v) is 4.97. The summed E-state index contributed by atoms with van der Waals surface area (Å²) in [6.07, 6.45) is 0.758. The van der Waals surface area contributed by atoms with Gasteiger partial charge in [0.05, 0.1) is 26.8 Å². The average molecular weight is 539 g/mol. The first-order chi connectivity index (χ1) is 19.5.